The molecule has 0 atom stereocenters. The number of halogens is 2. The minimum absolute atomic E-state index is 0.190. The number of ether oxygens (including phenoxy) is 1. The predicted molar refractivity (Wildman–Crippen MR) is 130 cm³/mol. The lowest BCUT2D eigenvalue weighted by Crippen LogP contribution is -2.45. The van der Waals surface area contributed by atoms with Crippen LogP contribution in [0, 0.1) is 70.5 Å². The standard InChI is InChI=1S/C19H20F2O.C12H16/c20-18(21)22-17-3-1-13(2-4-17)5-6-19-10-14-7-15(11-19)9-16(8-14)12-19;1-2-12-6-9-3-10(7-12)5-11(4-9)8-12/h1-4,14-16,18H,7-12H2;1,9-11H,3-8H2. The summed E-state index contributed by atoms with van der Waals surface area (Å²) in [5.41, 5.74) is 1.49. The summed E-state index contributed by atoms with van der Waals surface area (Å²) >= 11 is 0. The molecule has 1 nitrogen and oxygen atoms in total. The van der Waals surface area contributed by atoms with Gasteiger partial charge in [0, 0.05) is 16.4 Å². The molecule has 8 aliphatic rings. The normalized spacial score (nSPS) is 42.4. The van der Waals surface area contributed by atoms with Gasteiger partial charge in [0.2, 0.25) is 0 Å². The quantitative estimate of drug-likeness (QED) is 0.409. The predicted octanol–water partition coefficient (Wildman–Crippen LogP) is 7.69. The molecule has 1 aromatic rings. The molecule has 0 unspecified atom stereocenters. The average Bonchev–Trinajstić information content (AvgIpc) is 2.77. The maximum atomic E-state index is 12.1. The smallest absolute Gasteiger partial charge is 0.387 e. The zero-order valence-electron chi connectivity index (χ0n) is 20.1. The lowest BCUT2D eigenvalue weighted by atomic mass is 9.50. The summed E-state index contributed by atoms with van der Waals surface area (Å²) < 4.78 is 28.6. The molecule has 0 aliphatic heterocycles. The lowest BCUT2D eigenvalue weighted by Gasteiger charge is -2.54. The second-order valence-corrected chi connectivity index (χ2v) is 12.7. The van der Waals surface area contributed by atoms with Gasteiger partial charge in [-0.05, 0) is 137 Å². The molecular weight excluding hydrogens is 426 g/mol. The van der Waals surface area contributed by atoms with Gasteiger partial charge in [-0.25, -0.2) is 0 Å². The molecule has 0 saturated heterocycles. The van der Waals surface area contributed by atoms with E-state index in [1.807, 2.05) is 0 Å². The first-order chi connectivity index (χ1) is 16.4. The van der Waals surface area contributed by atoms with Crippen molar-refractivity contribution >= 4 is 0 Å². The molecule has 0 aromatic heterocycles. The van der Waals surface area contributed by atoms with Gasteiger partial charge in [-0.15, -0.1) is 6.42 Å². The molecule has 1 aromatic carbocycles. The molecule has 8 aliphatic carbocycles. The fourth-order valence-electron chi connectivity index (χ4n) is 9.48. The van der Waals surface area contributed by atoms with E-state index in [4.69, 9.17) is 6.42 Å². The highest BCUT2D eigenvalue weighted by Gasteiger charge is 2.51. The van der Waals surface area contributed by atoms with E-state index in [0.29, 0.717) is 5.41 Å². The largest absolute Gasteiger partial charge is 0.435 e. The topological polar surface area (TPSA) is 9.23 Å². The average molecular weight is 463 g/mol. The van der Waals surface area contributed by atoms with Crippen LogP contribution >= 0.6 is 0 Å². The highest BCUT2D eigenvalue weighted by Crippen LogP contribution is 2.60. The van der Waals surface area contributed by atoms with Gasteiger partial charge in [0.15, 0.2) is 0 Å². The molecule has 0 heterocycles. The molecule has 8 bridgehead atoms. The van der Waals surface area contributed by atoms with E-state index in [9.17, 15) is 8.78 Å². The van der Waals surface area contributed by atoms with Crippen molar-refractivity contribution in [3.63, 3.8) is 0 Å². The Bertz CT molecular complexity index is 934. The maximum Gasteiger partial charge on any atom is 0.387 e. The minimum atomic E-state index is -2.77. The van der Waals surface area contributed by atoms with Gasteiger partial charge in [0.05, 0.1) is 0 Å². The van der Waals surface area contributed by atoms with Crippen molar-refractivity contribution in [2.75, 3.05) is 0 Å². The van der Waals surface area contributed by atoms with Crippen molar-refractivity contribution in [1.29, 1.82) is 0 Å². The van der Waals surface area contributed by atoms with E-state index in [1.165, 1.54) is 77.0 Å². The minimum Gasteiger partial charge on any atom is -0.435 e. The van der Waals surface area contributed by atoms with Crippen molar-refractivity contribution in [2.24, 2.45) is 46.3 Å². The van der Waals surface area contributed by atoms with Crippen molar-refractivity contribution in [2.45, 2.75) is 83.7 Å². The van der Waals surface area contributed by atoms with Crippen LogP contribution < -0.4 is 4.74 Å². The number of benzene rings is 1. The van der Waals surface area contributed by atoms with Gasteiger partial charge < -0.3 is 4.74 Å². The lowest BCUT2D eigenvalue weighted by molar-refractivity contribution is -0.0498. The molecule has 8 saturated carbocycles. The molecule has 34 heavy (non-hydrogen) atoms. The first kappa shape index (κ1) is 22.5. The van der Waals surface area contributed by atoms with Gasteiger partial charge in [-0.1, -0.05) is 17.8 Å². The number of hydrogen-bond acceptors (Lipinski definition) is 1. The summed E-state index contributed by atoms with van der Waals surface area (Å²) in [7, 11) is 0. The van der Waals surface area contributed by atoms with Crippen LogP contribution in [0.15, 0.2) is 24.3 Å². The zero-order chi connectivity index (χ0) is 23.3. The Morgan fingerprint density at radius 1 is 0.706 bits per heavy atom. The Kier molecular flexibility index (Phi) is 5.67. The first-order valence-corrected chi connectivity index (χ1v) is 13.5. The highest BCUT2D eigenvalue weighted by atomic mass is 19.3. The van der Waals surface area contributed by atoms with Gasteiger partial charge in [0.25, 0.3) is 0 Å². The molecule has 180 valence electrons. The van der Waals surface area contributed by atoms with Gasteiger partial charge in [-0.3, -0.25) is 0 Å². The number of alkyl halides is 2. The third-order valence-electron chi connectivity index (χ3n) is 9.93. The third kappa shape index (κ3) is 4.49. The second kappa shape index (κ2) is 8.59. The van der Waals surface area contributed by atoms with Crippen LogP contribution in [0.3, 0.4) is 0 Å². The van der Waals surface area contributed by atoms with Crippen LogP contribution in [0.5, 0.6) is 5.75 Å². The summed E-state index contributed by atoms with van der Waals surface area (Å²) in [5, 5.41) is 0. The van der Waals surface area contributed by atoms with E-state index in [2.05, 4.69) is 22.5 Å². The van der Waals surface area contributed by atoms with Crippen LogP contribution in [0.4, 0.5) is 8.78 Å². The molecule has 0 amide bonds. The third-order valence-corrected chi connectivity index (χ3v) is 9.93. The molecule has 9 rings (SSSR count). The molecule has 0 radical (unpaired) electrons. The maximum absolute atomic E-state index is 12.1. The highest BCUT2D eigenvalue weighted by molar-refractivity contribution is 5.40. The molecule has 0 N–H and O–H groups in total. The van der Waals surface area contributed by atoms with Gasteiger partial charge in [0.1, 0.15) is 5.75 Å². The number of terminal acetylenes is 1. The van der Waals surface area contributed by atoms with Crippen molar-refractivity contribution < 1.29 is 13.5 Å². The van der Waals surface area contributed by atoms with E-state index in [0.717, 1.165) is 41.1 Å². The molecule has 3 heteroatoms. The van der Waals surface area contributed by atoms with Crippen LogP contribution in [0.2, 0.25) is 0 Å². The molecule has 0 spiro atoms. The van der Waals surface area contributed by atoms with Crippen LogP contribution in [-0.4, -0.2) is 6.61 Å². The van der Waals surface area contributed by atoms with E-state index in [1.54, 1.807) is 24.3 Å². The summed E-state index contributed by atoms with van der Waals surface area (Å²) in [6.07, 6.45) is 22.3. The number of hydrogen-bond donors (Lipinski definition) is 0. The molecular formula is C31H36F2O. The van der Waals surface area contributed by atoms with Crippen molar-refractivity contribution in [3.8, 4) is 29.9 Å². The Morgan fingerprint density at radius 3 is 1.50 bits per heavy atom. The fourth-order valence-corrected chi connectivity index (χ4v) is 9.48. The van der Waals surface area contributed by atoms with Crippen LogP contribution in [0.1, 0.15) is 82.6 Å². The Hall–Kier alpha value is -2.00. The SMILES string of the molecule is C#CC12CC3CC(CC(C3)C1)C2.FC(F)Oc1ccc(C#CC23CC4CC(CC(C4)C2)C3)cc1. The second-order valence-electron chi connectivity index (χ2n) is 12.7. The summed E-state index contributed by atoms with van der Waals surface area (Å²) in [5.74, 6) is 15.8. The van der Waals surface area contributed by atoms with Crippen LogP contribution in [-0.2, 0) is 0 Å². The Balaban J connectivity index is 0.000000152. The first-order valence-electron chi connectivity index (χ1n) is 13.5. The summed E-state index contributed by atoms with van der Waals surface area (Å²) in [6, 6.07) is 6.67. The Labute approximate surface area is 203 Å². The monoisotopic (exact) mass is 462 g/mol. The fraction of sp³-hybridized carbons (Fsp3) is 0.677. The molecule has 8 fully saturated rings. The van der Waals surface area contributed by atoms with E-state index < -0.39 is 6.61 Å². The van der Waals surface area contributed by atoms with E-state index in [-0.39, 0.29) is 11.2 Å². The van der Waals surface area contributed by atoms with Gasteiger partial charge in [-0.2, -0.15) is 8.78 Å². The zero-order valence-corrected chi connectivity index (χ0v) is 20.1. The Morgan fingerprint density at radius 2 is 1.12 bits per heavy atom. The summed E-state index contributed by atoms with van der Waals surface area (Å²) in [4.78, 5) is 0. The van der Waals surface area contributed by atoms with E-state index >= 15 is 0 Å². The van der Waals surface area contributed by atoms with Crippen LogP contribution in [0.25, 0.3) is 0 Å². The van der Waals surface area contributed by atoms with Gasteiger partial charge >= 0.3 is 6.61 Å². The summed E-state index contributed by atoms with van der Waals surface area (Å²) in [6.45, 7) is -2.77. The van der Waals surface area contributed by atoms with Crippen molar-refractivity contribution in [3.05, 3.63) is 29.8 Å². The van der Waals surface area contributed by atoms with Crippen molar-refractivity contribution in [1.82, 2.24) is 0 Å². The number of rotatable bonds is 2.